The van der Waals surface area contributed by atoms with Gasteiger partial charge in [0, 0.05) is 25.7 Å². The highest BCUT2D eigenvalue weighted by atomic mass is 16.2. The molecule has 0 saturated carbocycles. The van der Waals surface area contributed by atoms with Gasteiger partial charge in [-0.05, 0) is 23.0 Å². The Balaban J connectivity index is 1.79. The van der Waals surface area contributed by atoms with Crippen LogP contribution in [0.25, 0.3) is 0 Å². The molecule has 0 spiro atoms. The average molecular weight is 287 g/mol. The normalized spacial score (nSPS) is 23.1. The number of pyridine rings is 1. The standard InChI is InChI=1S/C16H21N3O2/c1-16(2,3)11-6-10-8-19(9-12(10)17-7-11)13-4-5-14(20)18-15(13)21/h6-7,13H,4-5,8-9H2,1-3H3,(H,18,20,21). The highest BCUT2D eigenvalue weighted by molar-refractivity contribution is 6.00. The maximum absolute atomic E-state index is 12.0. The minimum absolute atomic E-state index is 0.0735. The van der Waals surface area contributed by atoms with Gasteiger partial charge in [-0.15, -0.1) is 0 Å². The molecule has 1 aromatic heterocycles. The van der Waals surface area contributed by atoms with E-state index in [9.17, 15) is 9.59 Å². The summed E-state index contributed by atoms with van der Waals surface area (Å²) in [5.74, 6) is -0.337. The van der Waals surface area contributed by atoms with Crippen LogP contribution in [0.15, 0.2) is 12.3 Å². The third-order valence-corrected chi connectivity index (χ3v) is 4.30. The van der Waals surface area contributed by atoms with E-state index >= 15 is 0 Å². The van der Waals surface area contributed by atoms with Gasteiger partial charge < -0.3 is 0 Å². The van der Waals surface area contributed by atoms with E-state index < -0.39 is 0 Å². The predicted octanol–water partition coefficient (Wildman–Crippen LogP) is 1.50. The lowest BCUT2D eigenvalue weighted by atomic mass is 9.87. The van der Waals surface area contributed by atoms with Crippen LogP contribution in [0.3, 0.4) is 0 Å². The number of nitrogens with zero attached hydrogens (tertiary/aromatic N) is 2. The van der Waals surface area contributed by atoms with E-state index in [1.165, 1.54) is 11.1 Å². The molecule has 1 unspecified atom stereocenters. The van der Waals surface area contributed by atoms with Crippen molar-refractivity contribution in [1.82, 2.24) is 15.2 Å². The topological polar surface area (TPSA) is 62.3 Å². The van der Waals surface area contributed by atoms with Crippen LogP contribution in [0.2, 0.25) is 0 Å². The van der Waals surface area contributed by atoms with Gasteiger partial charge in [-0.1, -0.05) is 26.8 Å². The Morgan fingerprint density at radius 3 is 2.71 bits per heavy atom. The first-order valence-corrected chi connectivity index (χ1v) is 7.40. The Bertz CT molecular complexity index is 604. The predicted molar refractivity (Wildman–Crippen MR) is 78.4 cm³/mol. The summed E-state index contributed by atoms with van der Waals surface area (Å²) < 4.78 is 0. The maximum Gasteiger partial charge on any atom is 0.243 e. The number of imide groups is 1. The third kappa shape index (κ3) is 2.70. The van der Waals surface area contributed by atoms with Crippen molar-refractivity contribution < 1.29 is 9.59 Å². The number of amides is 2. The summed E-state index contributed by atoms with van der Waals surface area (Å²) in [6, 6.07) is 1.99. The third-order valence-electron chi connectivity index (χ3n) is 4.30. The number of hydrogen-bond acceptors (Lipinski definition) is 4. The molecule has 1 atom stereocenters. The molecular weight excluding hydrogens is 266 g/mol. The summed E-state index contributed by atoms with van der Waals surface area (Å²) in [6.07, 6.45) is 2.96. The number of carbonyl (C=O) groups is 2. The minimum Gasteiger partial charge on any atom is -0.295 e. The van der Waals surface area contributed by atoms with Gasteiger partial charge in [0.05, 0.1) is 11.7 Å². The van der Waals surface area contributed by atoms with Gasteiger partial charge in [0.2, 0.25) is 11.8 Å². The van der Waals surface area contributed by atoms with Crippen LogP contribution in [0.5, 0.6) is 0 Å². The summed E-state index contributed by atoms with van der Waals surface area (Å²) >= 11 is 0. The van der Waals surface area contributed by atoms with Crippen molar-refractivity contribution in [3.8, 4) is 0 Å². The van der Waals surface area contributed by atoms with Gasteiger partial charge in [-0.25, -0.2) is 0 Å². The van der Waals surface area contributed by atoms with Crippen LogP contribution in [-0.2, 0) is 28.1 Å². The quantitative estimate of drug-likeness (QED) is 0.795. The van der Waals surface area contributed by atoms with Gasteiger partial charge in [0.1, 0.15) is 0 Å². The number of hydrogen-bond donors (Lipinski definition) is 1. The highest BCUT2D eigenvalue weighted by Crippen LogP contribution is 2.29. The fourth-order valence-electron chi connectivity index (χ4n) is 2.95. The van der Waals surface area contributed by atoms with E-state index in [1.54, 1.807) is 0 Å². The van der Waals surface area contributed by atoms with Crippen molar-refractivity contribution in [1.29, 1.82) is 0 Å². The Morgan fingerprint density at radius 1 is 1.29 bits per heavy atom. The lowest BCUT2D eigenvalue weighted by Crippen LogP contribution is -2.50. The van der Waals surface area contributed by atoms with E-state index in [0.29, 0.717) is 19.4 Å². The number of rotatable bonds is 1. The second-order valence-corrected chi connectivity index (χ2v) is 6.95. The van der Waals surface area contributed by atoms with Crippen LogP contribution in [0.4, 0.5) is 0 Å². The largest absolute Gasteiger partial charge is 0.295 e. The molecule has 0 radical (unpaired) electrons. The Labute approximate surface area is 124 Å². The Hall–Kier alpha value is -1.75. The van der Waals surface area contributed by atoms with E-state index in [-0.39, 0.29) is 23.3 Å². The molecule has 0 aliphatic carbocycles. The van der Waals surface area contributed by atoms with Crippen molar-refractivity contribution in [3.63, 3.8) is 0 Å². The molecule has 0 bridgehead atoms. The molecule has 2 aliphatic heterocycles. The maximum atomic E-state index is 12.0. The first-order valence-electron chi connectivity index (χ1n) is 7.40. The first kappa shape index (κ1) is 14.2. The second-order valence-electron chi connectivity index (χ2n) is 6.95. The van der Waals surface area contributed by atoms with Crippen LogP contribution in [0.1, 0.15) is 50.4 Å². The fraction of sp³-hybridized carbons (Fsp3) is 0.562. The molecule has 0 aromatic carbocycles. The van der Waals surface area contributed by atoms with Gasteiger partial charge in [0.15, 0.2) is 0 Å². The van der Waals surface area contributed by atoms with Gasteiger partial charge in [-0.3, -0.25) is 24.8 Å². The number of carbonyl (C=O) groups excluding carboxylic acids is 2. The van der Waals surface area contributed by atoms with Gasteiger partial charge in [0.25, 0.3) is 0 Å². The van der Waals surface area contributed by atoms with E-state index in [0.717, 1.165) is 12.2 Å². The average Bonchev–Trinajstić information content (AvgIpc) is 2.79. The van der Waals surface area contributed by atoms with Crippen molar-refractivity contribution in [3.05, 3.63) is 29.1 Å². The fourth-order valence-corrected chi connectivity index (χ4v) is 2.95. The van der Waals surface area contributed by atoms with Gasteiger partial charge >= 0.3 is 0 Å². The molecule has 1 saturated heterocycles. The molecule has 112 valence electrons. The first-order chi connectivity index (χ1) is 9.84. The van der Waals surface area contributed by atoms with E-state index in [1.807, 2.05) is 6.20 Å². The van der Waals surface area contributed by atoms with Crippen molar-refractivity contribution in [2.75, 3.05) is 0 Å². The number of fused-ring (bicyclic) bond motifs is 1. The summed E-state index contributed by atoms with van der Waals surface area (Å²) in [5.41, 5.74) is 3.54. The van der Waals surface area contributed by atoms with Crippen LogP contribution >= 0.6 is 0 Å². The van der Waals surface area contributed by atoms with E-state index in [2.05, 4.69) is 42.0 Å². The molecule has 21 heavy (non-hydrogen) atoms. The summed E-state index contributed by atoms with van der Waals surface area (Å²) in [7, 11) is 0. The smallest absolute Gasteiger partial charge is 0.243 e. The number of piperidine rings is 1. The molecule has 1 N–H and O–H groups in total. The SMILES string of the molecule is CC(C)(C)c1cnc2c(c1)CN(C1CCC(=O)NC1=O)C2. The zero-order valence-corrected chi connectivity index (χ0v) is 12.8. The van der Waals surface area contributed by atoms with Crippen LogP contribution in [-0.4, -0.2) is 27.7 Å². The zero-order valence-electron chi connectivity index (χ0n) is 12.8. The monoisotopic (exact) mass is 287 g/mol. The summed E-state index contributed by atoms with van der Waals surface area (Å²) in [4.78, 5) is 29.9. The molecule has 1 fully saturated rings. The van der Waals surface area contributed by atoms with Gasteiger partial charge in [-0.2, -0.15) is 0 Å². The zero-order chi connectivity index (χ0) is 15.2. The van der Waals surface area contributed by atoms with Crippen LogP contribution in [0, 0.1) is 0 Å². The minimum atomic E-state index is -0.213. The second kappa shape index (κ2) is 4.91. The molecule has 3 heterocycles. The lowest BCUT2D eigenvalue weighted by Gasteiger charge is -2.28. The number of aromatic nitrogens is 1. The van der Waals surface area contributed by atoms with Crippen molar-refractivity contribution in [2.24, 2.45) is 0 Å². The molecule has 5 heteroatoms. The van der Waals surface area contributed by atoms with E-state index in [4.69, 9.17) is 0 Å². The molecule has 1 aromatic rings. The summed E-state index contributed by atoms with van der Waals surface area (Å²) in [5, 5.41) is 2.43. The van der Waals surface area contributed by atoms with Crippen molar-refractivity contribution >= 4 is 11.8 Å². The molecule has 3 rings (SSSR count). The Kier molecular flexibility index (Phi) is 3.32. The number of nitrogens with one attached hydrogen (secondary N) is 1. The van der Waals surface area contributed by atoms with Crippen LogP contribution < -0.4 is 5.32 Å². The Morgan fingerprint density at radius 2 is 2.05 bits per heavy atom. The highest BCUT2D eigenvalue weighted by Gasteiger charge is 2.35. The summed E-state index contributed by atoms with van der Waals surface area (Å²) in [6.45, 7) is 7.93. The molecular formula is C16H21N3O2. The molecule has 2 amide bonds. The lowest BCUT2D eigenvalue weighted by molar-refractivity contribution is -0.137. The molecule has 2 aliphatic rings. The van der Waals surface area contributed by atoms with Crippen molar-refractivity contribution in [2.45, 2.75) is 58.2 Å². The molecule has 5 nitrogen and oxygen atoms in total.